The van der Waals surface area contributed by atoms with Gasteiger partial charge in [0, 0.05) is 0 Å². The minimum absolute atomic E-state index is 0.112. The molecule has 0 N–H and O–H groups in total. The second-order valence-electron chi connectivity index (χ2n) is 5.97. The number of alkyl halides is 6. The molecule has 28 heavy (non-hydrogen) atoms. The van der Waals surface area contributed by atoms with Crippen LogP contribution in [0, 0.1) is 0 Å². The Kier molecular flexibility index (Phi) is 6.64. The molecule has 0 amide bonds. The fourth-order valence-corrected chi connectivity index (χ4v) is 2.58. The van der Waals surface area contributed by atoms with Gasteiger partial charge in [0.25, 0.3) is 0 Å². The normalized spacial score (nSPS) is 12.4. The van der Waals surface area contributed by atoms with Crippen molar-refractivity contribution in [2.45, 2.75) is 25.2 Å². The zero-order chi connectivity index (χ0) is 20.9. The second kappa shape index (κ2) is 8.58. The van der Waals surface area contributed by atoms with Gasteiger partial charge in [0.05, 0.1) is 25.3 Å². The Labute approximate surface area is 158 Å². The Bertz CT molecular complexity index is 805. The van der Waals surface area contributed by atoms with Crippen molar-refractivity contribution in [2.24, 2.45) is 0 Å². The summed E-state index contributed by atoms with van der Waals surface area (Å²) in [6, 6.07) is 6.80. The highest BCUT2D eigenvalue weighted by Crippen LogP contribution is 2.36. The fraction of sp³-hybridized carbons (Fsp3) is 0.300. The number of rotatable bonds is 6. The third-order valence-corrected chi connectivity index (χ3v) is 3.97. The standard InChI is InChI=1S/C20H18F6O2/c1-27-17-8-7-13(11-18(17)28-2)5-3-4-6-14-9-15(19(21,22)23)12-16(10-14)20(24,25)26/h4,6-12H,3,5H2,1-2H3. The van der Waals surface area contributed by atoms with E-state index in [1.165, 1.54) is 26.4 Å². The third kappa shape index (κ3) is 5.68. The van der Waals surface area contributed by atoms with Crippen molar-refractivity contribution in [3.8, 4) is 11.5 Å². The zero-order valence-corrected chi connectivity index (χ0v) is 15.1. The quantitative estimate of drug-likeness (QED) is 0.520. The lowest BCUT2D eigenvalue weighted by Crippen LogP contribution is -2.11. The predicted molar refractivity (Wildman–Crippen MR) is 93.3 cm³/mol. The van der Waals surface area contributed by atoms with Crippen LogP contribution in [0.25, 0.3) is 6.08 Å². The van der Waals surface area contributed by atoms with Gasteiger partial charge in [-0.2, -0.15) is 26.3 Å². The monoisotopic (exact) mass is 404 g/mol. The number of halogens is 6. The molecule has 0 bridgehead atoms. The van der Waals surface area contributed by atoms with Gasteiger partial charge in [-0.05, 0) is 54.3 Å². The highest BCUT2D eigenvalue weighted by atomic mass is 19.4. The number of hydrogen-bond donors (Lipinski definition) is 0. The molecular weight excluding hydrogens is 386 g/mol. The Balaban J connectivity index is 2.15. The van der Waals surface area contributed by atoms with E-state index >= 15 is 0 Å². The molecule has 0 aliphatic rings. The van der Waals surface area contributed by atoms with Crippen LogP contribution in [0.15, 0.2) is 42.5 Å². The van der Waals surface area contributed by atoms with Crippen LogP contribution in [0.3, 0.4) is 0 Å². The molecule has 0 fully saturated rings. The van der Waals surface area contributed by atoms with Gasteiger partial charge >= 0.3 is 12.4 Å². The fourth-order valence-electron chi connectivity index (χ4n) is 2.58. The maximum Gasteiger partial charge on any atom is 0.416 e. The molecule has 0 spiro atoms. The molecule has 0 aliphatic carbocycles. The molecule has 0 aliphatic heterocycles. The number of methoxy groups -OCH3 is 2. The Morgan fingerprint density at radius 1 is 0.786 bits per heavy atom. The van der Waals surface area contributed by atoms with Crippen molar-refractivity contribution < 1.29 is 35.8 Å². The number of benzene rings is 2. The topological polar surface area (TPSA) is 18.5 Å². The Morgan fingerprint density at radius 3 is 1.86 bits per heavy atom. The first-order valence-corrected chi connectivity index (χ1v) is 8.21. The van der Waals surface area contributed by atoms with Crippen LogP contribution in [-0.4, -0.2) is 14.2 Å². The number of ether oxygens (including phenoxy) is 2. The minimum Gasteiger partial charge on any atom is -0.493 e. The number of aryl methyl sites for hydroxylation is 1. The summed E-state index contributed by atoms with van der Waals surface area (Å²) in [5.74, 6) is 1.10. The first kappa shape index (κ1) is 21.7. The lowest BCUT2D eigenvalue weighted by atomic mass is 10.0. The van der Waals surface area contributed by atoms with Crippen molar-refractivity contribution in [2.75, 3.05) is 14.2 Å². The molecule has 152 valence electrons. The summed E-state index contributed by atoms with van der Waals surface area (Å²) in [6.07, 6.45) is -5.97. The van der Waals surface area contributed by atoms with E-state index in [0.29, 0.717) is 36.5 Å². The third-order valence-electron chi connectivity index (χ3n) is 3.97. The van der Waals surface area contributed by atoms with Crippen LogP contribution >= 0.6 is 0 Å². The highest BCUT2D eigenvalue weighted by molar-refractivity contribution is 5.53. The van der Waals surface area contributed by atoms with Gasteiger partial charge in [-0.1, -0.05) is 18.2 Å². The summed E-state index contributed by atoms with van der Waals surface area (Å²) >= 11 is 0. The van der Waals surface area contributed by atoms with Crippen LogP contribution in [0.4, 0.5) is 26.3 Å². The van der Waals surface area contributed by atoms with Crippen molar-refractivity contribution in [1.82, 2.24) is 0 Å². The maximum atomic E-state index is 12.9. The van der Waals surface area contributed by atoms with Gasteiger partial charge in [-0.3, -0.25) is 0 Å². The lowest BCUT2D eigenvalue weighted by molar-refractivity contribution is -0.143. The van der Waals surface area contributed by atoms with E-state index in [1.807, 2.05) is 0 Å². The smallest absolute Gasteiger partial charge is 0.416 e. The summed E-state index contributed by atoms with van der Waals surface area (Å²) in [5.41, 5.74) is -1.93. The van der Waals surface area contributed by atoms with Gasteiger partial charge < -0.3 is 9.47 Å². The molecule has 0 atom stereocenters. The maximum absolute atomic E-state index is 12.9. The number of allylic oxidation sites excluding steroid dienone is 1. The van der Waals surface area contributed by atoms with Gasteiger partial charge in [0.2, 0.25) is 0 Å². The second-order valence-corrected chi connectivity index (χ2v) is 5.97. The van der Waals surface area contributed by atoms with Gasteiger partial charge in [-0.25, -0.2) is 0 Å². The van der Waals surface area contributed by atoms with E-state index in [2.05, 4.69) is 0 Å². The van der Waals surface area contributed by atoms with Crippen molar-refractivity contribution in [3.63, 3.8) is 0 Å². The summed E-state index contributed by atoms with van der Waals surface area (Å²) in [5, 5.41) is 0. The van der Waals surface area contributed by atoms with E-state index < -0.39 is 23.5 Å². The van der Waals surface area contributed by atoms with Crippen LogP contribution in [0.1, 0.15) is 28.7 Å². The van der Waals surface area contributed by atoms with Crippen LogP contribution in [0.5, 0.6) is 11.5 Å². The number of hydrogen-bond acceptors (Lipinski definition) is 2. The van der Waals surface area contributed by atoms with Gasteiger partial charge in [-0.15, -0.1) is 0 Å². The van der Waals surface area contributed by atoms with E-state index in [0.717, 1.165) is 5.56 Å². The largest absolute Gasteiger partial charge is 0.493 e. The Hall–Kier alpha value is -2.64. The van der Waals surface area contributed by atoms with Crippen LogP contribution in [-0.2, 0) is 18.8 Å². The molecule has 2 rings (SSSR count). The molecule has 0 unspecified atom stereocenters. The van der Waals surface area contributed by atoms with Gasteiger partial charge in [0.1, 0.15) is 0 Å². The van der Waals surface area contributed by atoms with E-state index in [-0.39, 0.29) is 11.6 Å². The lowest BCUT2D eigenvalue weighted by Gasteiger charge is -2.13. The molecule has 0 aromatic heterocycles. The molecular formula is C20H18F6O2. The highest BCUT2D eigenvalue weighted by Gasteiger charge is 2.36. The molecule has 0 radical (unpaired) electrons. The molecule has 0 heterocycles. The first-order chi connectivity index (χ1) is 13.0. The molecule has 8 heteroatoms. The first-order valence-electron chi connectivity index (χ1n) is 8.21. The SMILES string of the molecule is COc1ccc(CCC=Cc2cc(C(F)(F)F)cc(C(F)(F)F)c2)cc1OC. The summed E-state index contributed by atoms with van der Waals surface area (Å²) in [6.45, 7) is 0. The minimum atomic E-state index is -4.86. The van der Waals surface area contributed by atoms with Crippen molar-refractivity contribution >= 4 is 6.08 Å². The molecule has 0 saturated carbocycles. The van der Waals surface area contributed by atoms with Crippen LogP contribution < -0.4 is 9.47 Å². The van der Waals surface area contributed by atoms with E-state index in [9.17, 15) is 26.3 Å². The summed E-state index contributed by atoms with van der Waals surface area (Å²) in [7, 11) is 3.00. The average molecular weight is 404 g/mol. The van der Waals surface area contributed by atoms with Crippen molar-refractivity contribution in [3.05, 3.63) is 64.7 Å². The summed E-state index contributed by atoms with van der Waals surface area (Å²) < 4.78 is 87.5. The zero-order valence-electron chi connectivity index (χ0n) is 15.1. The van der Waals surface area contributed by atoms with Crippen molar-refractivity contribution in [1.29, 1.82) is 0 Å². The van der Waals surface area contributed by atoms with Crippen LogP contribution in [0.2, 0.25) is 0 Å². The Morgan fingerprint density at radius 2 is 1.36 bits per heavy atom. The summed E-state index contributed by atoms with van der Waals surface area (Å²) in [4.78, 5) is 0. The predicted octanol–water partition coefficient (Wildman–Crippen LogP) is 6.39. The van der Waals surface area contributed by atoms with E-state index in [4.69, 9.17) is 9.47 Å². The average Bonchev–Trinajstić information content (AvgIpc) is 2.63. The van der Waals surface area contributed by atoms with E-state index in [1.54, 1.807) is 18.2 Å². The molecule has 2 nitrogen and oxygen atoms in total. The molecule has 2 aromatic carbocycles. The molecule has 0 saturated heterocycles. The molecule has 2 aromatic rings. The van der Waals surface area contributed by atoms with Gasteiger partial charge in [0.15, 0.2) is 11.5 Å².